The van der Waals surface area contributed by atoms with Gasteiger partial charge in [0, 0.05) is 89.9 Å². The predicted octanol–water partition coefficient (Wildman–Crippen LogP) is 4.44. The van der Waals surface area contributed by atoms with Crippen LogP contribution in [0.15, 0.2) is 42.5 Å². The minimum absolute atomic E-state index is 0.0456. The first-order chi connectivity index (χ1) is 48.1. The fourth-order valence-electron chi connectivity index (χ4n) is 13.6. The highest BCUT2D eigenvalue weighted by atomic mass is 35.5. The van der Waals surface area contributed by atoms with Crippen LogP contribution in [0.1, 0.15) is 148 Å². The Morgan fingerprint density at radius 2 is 1.28 bits per heavy atom. The van der Waals surface area contributed by atoms with E-state index in [0.717, 1.165) is 38.5 Å². The molecule has 4 N–H and O–H groups in total. The average molecular weight is 1470 g/mol. The second-order valence-corrected chi connectivity index (χ2v) is 29.3. The summed E-state index contributed by atoms with van der Waals surface area (Å²) in [5, 5.41) is 10.4. The summed E-state index contributed by atoms with van der Waals surface area (Å²) < 4.78 is 41.8. The summed E-state index contributed by atoms with van der Waals surface area (Å²) in [4.78, 5) is 203. The van der Waals surface area contributed by atoms with Crippen molar-refractivity contribution in [3.63, 3.8) is 0 Å². The number of alkyl halides is 3. The second-order valence-electron chi connectivity index (χ2n) is 28.9. The number of fused-ring (bicyclic) bond motifs is 1. The number of benzene rings is 2. The molecule has 1 saturated carbocycles. The monoisotopic (exact) mass is 1470 g/mol. The van der Waals surface area contributed by atoms with Crippen LogP contribution in [0.3, 0.4) is 0 Å². The zero-order valence-corrected chi connectivity index (χ0v) is 63.9. The second kappa shape index (κ2) is 36.9. The Bertz CT molecular complexity index is 3430. The third-order valence-electron chi connectivity index (χ3n) is 21.0. The van der Waals surface area contributed by atoms with Crippen LogP contribution in [-0.2, 0) is 81.3 Å². The zero-order chi connectivity index (χ0) is 77.6. The quantitative estimate of drug-likeness (QED) is 0.192. The molecule has 1 aliphatic carbocycles. The Balaban J connectivity index is 1.70. The molecule has 5 rings (SSSR count). The molecule has 1 spiro atoms. The number of hydrogen-bond acceptors (Lipinski definition) is 13. The predicted molar refractivity (Wildman–Crippen MR) is 381 cm³/mol. The van der Waals surface area contributed by atoms with Crippen molar-refractivity contribution in [3.8, 4) is 0 Å². The Morgan fingerprint density at radius 1 is 0.689 bits per heavy atom. The van der Waals surface area contributed by atoms with E-state index >= 15 is 24.0 Å². The van der Waals surface area contributed by atoms with Crippen molar-refractivity contribution in [1.82, 2.24) is 65.4 Å². The Labute approximate surface area is 609 Å². The average Bonchev–Trinajstić information content (AvgIpc) is 1.77. The summed E-state index contributed by atoms with van der Waals surface area (Å²) in [7, 11) is 13.7. The Morgan fingerprint density at radius 3 is 1.82 bits per heavy atom. The molecule has 572 valence electrons. The van der Waals surface area contributed by atoms with Crippen molar-refractivity contribution >= 4 is 88.4 Å². The maximum Gasteiger partial charge on any atom is 0.417 e. The fourth-order valence-corrected chi connectivity index (χ4v) is 13.9. The molecular formula is C73H109ClF3N13O13. The van der Waals surface area contributed by atoms with E-state index < -0.39 is 178 Å². The third-order valence-corrected chi connectivity index (χ3v) is 21.3. The molecule has 103 heavy (non-hydrogen) atoms. The van der Waals surface area contributed by atoms with Crippen LogP contribution in [0.2, 0.25) is 5.02 Å². The lowest BCUT2D eigenvalue weighted by Crippen LogP contribution is -2.65. The highest BCUT2D eigenvalue weighted by Crippen LogP contribution is 2.37. The molecule has 26 nitrogen and oxygen atoms in total. The van der Waals surface area contributed by atoms with Gasteiger partial charge >= 0.3 is 6.18 Å². The van der Waals surface area contributed by atoms with Gasteiger partial charge in [-0.25, -0.2) is 0 Å². The Kier molecular flexibility index (Phi) is 30.5. The van der Waals surface area contributed by atoms with Gasteiger partial charge in [-0.05, 0) is 99.8 Å². The van der Waals surface area contributed by atoms with Crippen LogP contribution in [0.25, 0.3) is 0 Å². The van der Waals surface area contributed by atoms with Crippen LogP contribution in [0.5, 0.6) is 0 Å². The minimum Gasteiger partial charge on any atom is -0.359 e. The topological polar surface area (TPSA) is 299 Å². The number of carbonyl (C=O) groups is 13. The molecule has 2 heterocycles. The van der Waals surface area contributed by atoms with Crippen molar-refractivity contribution in [3.05, 3.63) is 69.7 Å². The van der Waals surface area contributed by atoms with Gasteiger partial charge in [0.05, 0.1) is 23.6 Å². The van der Waals surface area contributed by atoms with Crippen molar-refractivity contribution in [1.29, 1.82) is 0 Å². The number of nitrogens with one attached hydrogen (secondary N) is 4. The van der Waals surface area contributed by atoms with Gasteiger partial charge in [-0.2, -0.15) is 13.2 Å². The highest BCUT2D eigenvalue weighted by molar-refractivity contribution is 6.31. The summed E-state index contributed by atoms with van der Waals surface area (Å²) in [5.74, 6) is -10.9. The van der Waals surface area contributed by atoms with Gasteiger partial charge in [0.1, 0.15) is 59.9 Å². The molecule has 0 radical (unpaired) electrons. The summed E-state index contributed by atoms with van der Waals surface area (Å²) in [6.45, 7) is 13.4. The maximum absolute atomic E-state index is 15.6. The largest absolute Gasteiger partial charge is 0.417 e. The van der Waals surface area contributed by atoms with Crippen molar-refractivity contribution < 1.29 is 75.5 Å². The van der Waals surface area contributed by atoms with E-state index in [-0.39, 0.29) is 75.8 Å². The summed E-state index contributed by atoms with van der Waals surface area (Å²) in [5.41, 5.74) is -1.13. The van der Waals surface area contributed by atoms with Gasteiger partial charge in [0.15, 0.2) is 0 Å². The van der Waals surface area contributed by atoms with Gasteiger partial charge < -0.3 is 65.4 Å². The van der Waals surface area contributed by atoms with Crippen LogP contribution < -0.4 is 21.3 Å². The Hall–Kier alpha value is -8.37. The lowest BCUT2D eigenvalue weighted by molar-refractivity contribution is -0.160. The van der Waals surface area contributed by atoms with Crippen LogP contribution in [-0.4, -0.2) is 264 Å². The molecule has 2 aromatic carbocycles. The van der Waals surface area contributed by atoms with Crippen molar-refractivity contribution in [2.75, 3.05) is 83.6 Å². The molecule has 2 saturated heterocycles. The minimum atomic E-state index is -4.81. The van der Waals surface area contributed by atoms with Crippen LogP contribution in [0, 0.1) is 24.7 Å². The number of aryl methyl sites for hydroxylation is 2. The smallest absolute Gasteiger partial charge is 0.359 e. The molecular weight excluding hydrogens is 1360 g/mol. The first-order valence-corrected chi connectivity index (χ1v) is 35.9. The van der Waals surface area contributed by atoms with E-state index in [0.29, 0.717) is 31.2 Å². The van der Waals surface area contributed by atoms with E-state index in [9.17, 15) is 51.5 Å². The van der Waals surface area contributed by atoms with Crippen molar-refractivity contribution in [2.45, 2.75) is 211 Å². The standard InChI is InChI=1S/C73H109ClF3N13O13/c1-19-44(6)60-69(101)84(13)46(8)64(96)90-36-33-53(90)68(100)87(16)55(39-48-25-23-43(5)24-26-48)67(99)83(12)41-58(92)79-51(30-28-47-27-29-49(50(74)38-47)73(75,76)77)65(97)86(15)52(31-32-57(91)78-9)63(95)81-72(34-21-22-35-72)71(103)89(18)61(45(7)20-2)70(102)88(17)56(66(98)82(10)11)40-59(93)85(14)54(37-42(3)4)62(94)80-60/h23-27,29,38,42,44-46,51-56,60-61H,19-22,28,30-37,39-41H2,1-18H3,(H,78,91)(H,79,92)(H,80,94)(H,81,95)/t44-,45-,46-,51-,52-,53-,54-,55-,56-,60-,61-/m0/s1. The number of likely N-dealkylation sites (N-methyl/N-ethyl adjacent to an activating group) is 8. The first kappa shape index (κ1) is 85.3. The molecule has 0 aromatic heterocycles. The number of carbonyl (C=O) groups excluding carboxylic acids is 13. The van der Waals surface area contributed by atoms with E-state index in [1.165, 1.54) is 107 Å². The van der Waals surface area contributed by atoms with Gasteiger partial charge in [-0.3, -0.25) is 62.3 Å². The molecule has 3 aliphatic rings. The summed E-state index contributed by atoms with van der Waals surface area (Å²) in [6.07, 6.45) is -4.92. The molecule has 2 aromatic rings. The molecule has 3 fully saturated rings. The number of rotatable bonds is 15. The molecule has 11 atom stereocenters. The third kappa shape index (κ3) is 21.0. The first-order valence-electron chi connectivity index (χ1n) is 35.5. The maximum atomic E-state index is 15.6. The summed E-state index contributed by atoms with van der Waals surface area (Å²) in [6, 6.07) is -2.03. The lowest BCUT2D eigenvalue weighted by Gasteiger charge is -2.45. The van der Waals surface area contributed by atoms with E-state index in [4.69, 9.17) is 11.6 Å². The molecule has 0 bridgehead atoms. The number of amides is 13. The van der Waals surface area contributed by atoms with E-state index in [1.54, 1.807) is 32.9 Å². The van der Waals surface area contributed by atoms with Crippen molar-refractivity contribution in [2.24, 2.45) is 17.8 Å². The van der Waals surface area contributed by atoms with E-state index in [1.807, 2.05) is 39.8 Å². The van der Waals surface area contributed by atoms with Gasteiger partial charge in [-0.1, -0.05) is 115 Å². The van der Waals surface area contributed by atoms with Crippen LogP contribution in [0.4, 0.5) is 13.2 Å². The zero-order valence-electron chi connectivity index (χ0n) is 63.1. The van der Waals surface area contributed by atoms with Gasteiger partial charge in [0.25, 0.3) is 0 Å². The van der Waals surface area contributed by atoms with Crippen LogP contribution >= 0.6 is 11.6 Å². The summed E-state index contributed by atoms with van der Waals surface area (Å²) >= 11 is 6.15. The molecule has 0 unspecified atom stereocenters. The number of hydrogen-bond donors (Lipinski definition) is 4. The van der Waals surface area contributed by atoms with Gasteiger partial charge in [-0.15, -0.1) is 0 Å². The fraction of sp³-hybridized carbons (Fsp3) is 0.658. The van der Waals surface area contributed by atoms with E-state index in [2.05, 4.69) is 21.3 Å². The highest BCUT2D eigenvalue weighted by Gasteiger charge is 2.51. The number of halogens is 4. The SMILES string of the molecule is CC[C@H](C)[C@@H]1NC(=O)[C@H](CC(C)C)N(C)C(=O)C[C@@H](C(=O)N(C)C)N(C)C(=O)[C@H]([C@@H](C)CC)N(C)C(=O)C2(CCCC2)NC(=O)[C@H](CCC(=O)NC)N(C)C(=O)[C@H](CCc2ccc(C(F)(F)F)c(Cl)c2)NC(=O)CN(C)C(=O)[C@H](Cc2ccc(C)cc2)N(C)C(=O)[C@@H]2CCN2C(=O)[C@H](C)N(C)C1=O. The molecule has 30 heteroatoms. The molecule has 2 aliphatic heterocycles. The number of nitrogens with zero attached hydrogens (tertiary/aromatic N) is 9. The normalized spacial score (nSPS) is 25.0. The molecule has 13 amide bonds. The van der Waals surface area contributed by atoms with Gasteiger partial charge in [0.2, 0.25) is 76.8 Å². The lowest BCUT2D eigenvalue weighted by atomic mass is 9.90.